The second-order valence-corrected chi connectivity index (χ2v) is 7.31. The van der Waals surface area contributed by atoms with Crippen LogP contribution in [0.4, 0.5) is 15.3 Å². The van der Waals surface area contributed by atoms with Crippen molar-refractivity contribution in [1.82, 2.24) is 15.5 Å². The van der Waals surface area contributed by atoms with Crippen molar-refractivity contribution in [2.75, 3.05) is 25.0 Å². The van der Waals surface area contributed by atoms with Crippen LogP contribution in [0.5, 0.6) is 0 Å². The number of nitrogens with one attached hydrogen (secondary N) is 3. The number of hydrogen-bond donors (Lipinski definition) is 3. The fourth-order valence-corrected chi connectivity index (χ4v) is 3.15. The number of nitrogens with zero attached hydrogens (tertiary/aromatic N) is 1. The van der Waals surface area contributed by atoms with Crippen LogP contribution in [0, 0.1) is 5.92 Å². The molecule has 0 bridgehead atoms. The maximum atomic E-state index is 12.3. The molecule has 1 saturated heterocycles. The van der Waals surface area contributed by atoms with Crippen molar-refractivity contribution in [3.8, 4) is 0 Å². The Hall–Kier alpha value is -1.95. The van der Waals surface area contributed by atoms with Crippen molar-refractivity contribution < 1.29 is 9.59 Å². The molecule has 1 unspecified atom stereocenters. The lowest BCUT2D eigenvalue weighted by atomic mass is 9.94. The van der Waals surface area contributed by atoms with E-state index in [1.807, 2.05) is 30.9 Å². The van der Waals surface area contributed by atoms with Gasteiger partial charge < -0.3 is 20.9 Å². The largest absolute Gasteiger partial charge is 0.338 e. The predicted octanol–water partition coefficient (Wildman–Crippen LogP) is 4.07. The van der Waals surface area contributed by atoms with Gasteiger partial charge in [-0.25, -0.2) is 9.59 Å². The van der Waals surface area contributed by atoms with Gasteiger partial charge in [0.2, 0.25) is 0 Å². The molecule has 144 valence electrons. The van der Waals surface area contributed by atoms with E-state index in [4.69, 9.17) is 11.6 Å². The topological polar surface area (TPSA) is 73.5 Å². The highest BCUT2D eigenvalue weighted by Crippen LogP contribution is 2.21. The summed E-state index contributed by atoms with van der Waals surface area (Å²) in [4.78, 5) is 25.9. The van der Waals surface area contributed by atoms with Gasteiger partial charge in [0.05, 0.1) is 0 Å². The molecule has 1 aromatic carbocycles. The molecular formula is C19H29ClN4O2. The molecule has 0 aromatic heterocycles. The molecule has 1 atom stereocenters. The Bertz CT molecular complexity index is 603. The molecular weight excluding hydrogens is 352 g/mol. The molecule has 1 aromatic rings. The Morgan fingerprint density at radius 2 is 2.04 bits per heavy atom. The summed E-state index contributed by atoms with van der Waals surface area (Å²) in [5.74, 6) is 0.536. The average Bonchev–Trinajstić information content (AvgIpc) is 2.62. The number of anilines is 1. The maximum Gasteiger partial charge on any atom is 0.321 e. The highest BCUT2D eigenvalue weighted by atomic mass is 35.5. The van der Waals surface area contributed by atoms with E-state index in [1.165, 1.54) is 0 Å². The quantitative estimate of drug-likeness (QED) is 0.695. The summed E-state index contributed by atoms with van der Waals surface area (Å²) in [5, 5.41) is 9.30. The molecule has 3 N–H and O–H groups in total. The average molecular weight is 381 g/mol. The van der Waals surface area contributed by atoms with Crippen molar-refractivity contribution >= 4 is 29.4 Å². The van der Waals surface area contributed by atoms with Gasteiger partial charge in [-0.15, -0.1) is 0 Å². The number of hydrogen-bond acceptors (Lipinski definition) is 2. The Morgan fingerprint density at radius 3 is 2.69 bits per heavy atom. The normalized spacial score (nSPS) is 16.0. The summed E-state index contributed by atoms with van der Waals surface area (Å²) < 4.78 is 0. The molecule has 1 aliphatic heterocycles. The van der Waals surface area contributed by atoms with E-state index in [2.05, 4.69) is 16.0 Å². The van der Waals surface area contributed by atoms with Gasteiger partial charge in [0.1, 0.15) is 0 Å². The monoisotopic (exact) mass is 380 g/mol. The fraction of sp³-hybridized carbons (Fsp3) is 0.579. The summed E-state index contributed by atoms with van der Waals surface area (Å²) in [6, 6.07) is 7.16. The maximum absolute atomic E-state index is 12.3. The first-order valence-corrected chi connectivity index (χ1v) is 9.71. The number of rotatable bonds is 6. The number of carbonyl (C=O) groups excluding carboxylic acids is 2. The summed E-state index contributed by atoms with van der Waals surface area (Å²) >= 11 is 5.94. The second-order valence-electron chi connectivity index (χ2n) is 6.87. The highest BCUT2D eigenvalue weighted by molar-refractivity contribution is 6.30. The van der Waals surface area contributed by atoms with Gasteiger partial charge in [-0.1, -0.05) is 24.6 Å². The predicted molar refractivity (Wildman–Crippen MR) is 106 cm³/mol. The zero-order chi connectivity index (χ0) is 18.9. The van der Waals surface area contributed by atoms with E-state index in [-0.39, 0.29) is 18.1 Å². The first kappa shape index (κ1) is 20.4. The van der Waals surface area contributed by atoms with Crippen LogP contribution in [0.1, 0.15) is 39.5 Å². The van der Waals surface area contributed by atoms with Crippen LogP contribution in [0.3, 0.4) is 0 Å². The van der Waals surface area contributed by atoms with Crippen molar-refractivity contribution in [2.45, 2.75) is 45.6 Å². The van der Waals surface area contributed by atoms with E-state index in [0.29, 0.717) is 23.2 Å². The van der Waals surface area contributed by atoms with E-state index >= 15 is 0 Å². The zero-order valence-electron chi connectivity index (χ0n) is 15.6. The Morgan fingerprint density at radius 1 is 1.31 bits per heavy atom. The minimum Gasteiger partial charge on any atom is -0.338 e. The Balaban J connectivity index is 1.65. The van der Waals surface area contributed by atoms with Gasteiger partial charge in [0.25, 0.3) is 0 Å². The van der Waals surface area contributed by atoms with Crippen molar-refractivity contribution in [3.05, 3.63) is 29.3 Å². The molecule has 2 rings (SSSR count). The number of benzene rings is 1. The summed E-state index contributed by atoms with van der Waals surface area (Å²) in [6.45, 7) is 6.17. The molecule has 0 saturated carbocycles. The molecule has 1 fully saturated rings. The van der Waals surface area contributed by atoms with E-state index in [1.54, 1.807) is 12.1 Å². The van der Waals surface area contributed by atoms with E-state index in [0.717, 1.165) is 38.8 Å². The smallest absolute Gasteiger partial charge is 0.321 e. The SMILES string of the molecule is CCC(C)NC(=O)NCCC1CCN(C(=O)Nc2cccc(Cl)c2)CC1. The van der Waals surface area contributed by atoms with E-state index < -0.39 is 0 Å². The first-order valence-electron chi connectivity index (χ1n) is 9.33. The molecule has 0 radical (unpaired) electrons. The lowest BCUT2D eigenvalue weighted by molar-refractivity contribution is 0.179. The highest BCUT2D eigenvalue weighted by Gasteiger charge is 2.22. The lowest BCUT2D eigenvalue weighted by Gasteiger charge is -2.32. The van der Waals surface area contributed by atoms with E-state index in [9.17, 15) is 9.59 Å². The van der Waals surface area contributed by atoms with Gasteiger partial charge >= 0.3 is 12.1 Å². The minimum atomic E-state index is -0.0994. The summed E-state index contributed by atoms with van der Waals surface area (Å²) in [5.41, 5.74) is 0.709. The standard InChI is InChI=1S/C19H29ClN4O2/c1-3-14(2)22-18(25)21-10-7-15-8-11-24(12-9-15)19(26)23-17-6-4-5-16(20)13-17/h4-6,13-15H,3,7-12H2,1-2H3,(H,23,26)(H2,21,22,25). The third kappa shape index (κ3) is 6.75. The lowest BCUT2D eigenvalue weighted by Crippen LogP contribution is -2.43. The number of piperidine rings is 1. The van der Waals surface area contributed by atoms with Crippen LogP contribution in [-0.2, 0) is 0 Å². The minimum absolute atomic E-state index is 0.0863. The number of halogens is 1. The number of urea groups is 2. The summed E-state index contributed by atoms with van der Waals surface area (Å²) in [7, 11) is 0. The van der Waals surface area contributed by atoms with Crippen molar-refractivity contribution in [3.63, 3.8) is 0 Å². The molecule has 0 spiro atoms. The van der Waals surface area contributed by atoms with Crippen LogP contribution >= 0.6 is 11.6 Å². The number of amides is 4. The van der Waals surface area contributed by atoms with Crippen LogP contribution in [0.15, 0.2) is 24.3 Å². The third-order valence-electron chi connectivity index (χ3n) is 4.81. The van der Waals surface area contributed by atoms with Crippen LogP contribution in [0.25, 0.3) is 0 Å². The van der Waals surface area contributed by atoms with Gasteiger partial charge in [-0.2, -0.15) is 0 Å². The van der Waals surface area contributed by atoms with Gasteiger partial charge in [0, 0.05) is 36.4 Å². The zero-order valence-corrected chi connectivity index (χ0v) is 16.3. The number of likely N-dealkylation sites (tertiary alicyclic amines) is 1. The summed E-state index contributed by atoms with van der Waals surface area (Å²) in [6.07, 6.45) is 3.77. The van der Waals surface area contributed by atoms with Gasteiger partial charge in [-0.05, 0) is 56.7 Å². The van der Waals surface area contributed by atoms with Gasteiger partial charge in [-0.3, -0.25) is 0 Å². The van der Waals surface area contributed by atoms with Crippen LogP contribution in [-0.4, -0.2) is 42.6 Å². The molecule has 4 amide bonds. The molecule has 1 heterocycles. The van der Waals surface area contributed by atoms with Crippen molar-refractivity contribution in [1.29, 1.82) is 0 Å². The first-order chi connectivity index (χ1) is 12.5. The molecule has 26 heavy (non-hydrogen) atoms. The Labute approximate surface area is 160 Å². The van der Waals surface area contributed by atoms with Crippen LogP contribution in [0.2, 0.25) is 5.02 Å². The van der Waals surface area contributed by atoms with Crippen LogP contribution < -0.4 is 16.0 Å². The number of carbonyl (C=O) groups is 2. The molecule has 1 aliphatic rings. The Kier molecular flexibility index (Phi) is 8.04. The third-order valence-corrected chi connectivity index (χ3v) is 5.04. The molecule has 0 aliphatic carbocycles. The van der Waals surface area contributed by atoms with Gasteiger partial charge in [0.15, 0.2) is 0 Å². The molecule has 7 heteroatoms. The van der Waals surface area contributed by atoms with Crippen molar-refractivity contribution in [2.24, 2.45) is 5.92 Å². The second kappa shape index (κ2) is 10.3. The molecule has 6 nitrogen and oxygen atoms in total. The fourth-order valence-electron chi connectivity index (χ4n) is 2.96.